The summed E-state index contributed by atoms with van der Waals surface area (Å²) in [5.74, 6) is 0.910. The van der Waals surface area contributed by atoms with E-state index in [2.05, 4.69) is 10.2 Å². The van der Waals surface area contributed by atoms with E-state index in [1.54, 1.807) is 37.4 Å². The molecule has 0 spiro atoms. The number of hydrogen-bond donors (Lipinski definition) is 0. The Bertz CT molecular complexity index is 985. The summed E-state index contributed by atoms with van der Waals surface area (Å²) < 4.78 is 21.4. The number of ether oxygens (including phenoxy) is 1. The van der Waals surface area contributed by atoms with Gasteiger partial charge in [0.15, 0.2) is 16.8 Å². The van der Waals surface area contributed by atoms with Crippen molar-refractivity contribution in [2.45, 2.75) is 24.0 Å². The number of aromatic nitrogens is 3. The molecule has 3 aromatic rings. The number of hydrogen-bond acceptors (Lipinski definition) is 5. The maximum absolute atomic E-state index is 14.2. The van der Waals surface area contributed by atoms with E-state index in [9.17, 15) is 9.18 Å². The third-order valence-corrected chi connectivity index (χ3v) is 5.37. The van der Waals surface area contributed by atoms with E-state index in [0.29, 0.717) is 27.9 Å². The normalized spacial score (nSPS) is 13.6. The molecular weight excluding hydrogens is 365 g/mol. The van der Waals surface area contributed by atoms with Gasteiger partial charge in [-0.3, -0.25) is 9.36 Å². The van der Waals surface area contributed by atoms with Crippen LogP contribution in [0.2, 0.25) is 0 Å². The number of para-hydroxylation sites is 1. The zero-order valence-corrected chi connectivity index (χ0v) is 15.6. The summed E-state index contributed by atoms with van der Waals surface area (Å²) in [6.45, 7) is 0. The Labute approximate surface area is 160 Å². The third-order valence-electron chi connectivity index (χ3n) is 4.43. The molecule has 1 fully saturated rings. The molecule has 0 bridgehead atoms. The molecule has 2 aromatic carbocycles. The first-order valence-electron chi connectivity index (χ1n) is 8.68. The molecule has 1 heterocycles. The van der Waals surface area contributed by atoms with Crippen molar-refractivity contribution in [3.8, 4) is 17.1 Å². The van der Waals surface area contributed by atoms with Crippen molar-refractivity contribution >= 4 is 17.5 Å². The molecule has 0 radical (unpaired) electrons. The van der Waals surface area contributed by atoms with Crippen molar-refractivity contribution in [3.05, 3.63) is 59.9 Å². The van der Waals surface area contributed by atoms with Crippen molar-refractivity contribution in [2.24, 2.45) is 0 Å². The van der Waals surface area contributed by atoms with Crippen molar-refractivity contribution in [2.75, 3.05) is 12.9 Å². The predicted octanol–water partition coefficient (Wildman–Crippen LogP) is 4.40. The van der Waals surface area contributed by atoms with Crippen LogP contribution in [0.1, 0.15) is 29.2 Å². The van der Waals surface area contributed by atoms with Crippen molar-refractivity contribution in [1.82, 2.24) is 14.8 Å². The van der Waals surface area contributed by atoms with Crippen LogP contribution in [-0.4, -0.2) is 33.4 Å². The number of ketones is 1. The molecule has 0 amide bonds. The number of thioether (sulfide) groups is 1. The van der Waals surface area contributed by atoms with E-state index in [1.165, 1.54) is 17.8 Å². The Morgan fingerprint density at radius 1 is 1.19 bits per heavy atom. The summed E-state index contributed by atoms with van der Waals surface area (Å²) in [4.78, 5) is 12.6. The van der Waals surface area contributed by atoms with Crippen LogP contribution in [-0.2, 0) is 0 Å². The van der Waals surface area contributed by atoms with Gasteiger partial charge < -0.3 is 4.74 Å². The molecular formula is C20H18FN3O2S. The van der Waals surface area contributed by atoms with Gasteiger partial charge in [0.25, 0.3) is 0 Å². The zero-order chi connectivity index (χ0) is 18.8. The van der Waals surface area contributed by atoms with Crippen molar-refractivity contribution < 1.29 is 13.9 Å². The number of benzene rings is 2. The Balaban J connectivity index is 1.58. The van der Waals surface area contributed by atoms with E-state index in [-0.39, 0.29) is 23.4 Å². The first-order valence-corrected chi connectivity index (χ1v) is 9.66. The van der Waals surface area contributed by atoms with Gasteiger partial charge in [-0.2, -0.15) is 0 Å². The fourth-order valence-corrected chi connectivity index (χ4v) is 3.84. The Morgan fingerprint density at radius 3 is 2.67 bits per heavy atom. The summed E-state index contributed by atoms with van der Waals surface area (Å²) in [6, 6.07) is 14.0. The number of rotatable bonds is 7. The molecule has 1 saturated carbocycles. The number of methoxy groups -OCH3 is 1. The Kier molecular flexibility index (Phi) is 4.94. The van der Waals surface area contributed by atoms with Gasteiger partial charge in [-0.15, -0.1) is 10.2 Å². The molecule has 1 aliphatic rings. The molecule has 138 valence electrons. The number of halogens is 1. The van der Waals surface area contributed by atoms with Crippen LogP contribution in [0.5, 0.6) is 5.75 Å². The molecule has 27 heavy (non-hydrogen) atoms. The highest BCUT2D eigenvalue weighted by Gasteiger charge is 2.31. The SMILES string of the molecule is COc1ccccc1C(=O)CSc1nnc(-c2ccccc2F)n1C1CC1. The molecule has 0 saturated heterocycles. The predicted molar refractivity (Wildman–Crippen MR) is 102 cm³/mol. The maximum atomic E-state index is 14.2. The number of nitrogens with zero attached hydrogens (tertiary/aromatic N) is 3. The standard InChI is InChI=1S/C20H18FN3O2S/c1-26-18-9-5-3-7-15(18)17(25)12-27-20-23-22-19(24(20)13-10-11-13)14-6-2-4-8-16(14)21/h2-9,13H,10-12H2,1H3. The van der Waals surface area contributed by atoms with Crippen LogP contribution in [0, 0.1) is 5.82 Å². The van der Waals surface area contributed by atoms with Gasteiger partial charge in [-0.1, -0.05) is 36.0 Å². The van der Waals surface area contributed by atoms with Gasteiger partial charge in [-0.25, -0.2) is 4.39 Å². The molecule has 0 atom stereocenters. The van der Waals surface area contributed by atoms with Gasteiger partial charge in [0.1, 0.15) is 11.6 Å². The van der Waals surface area contributed by atoms with E-state index in [4.69, 9.17) is 4.74 Å². The molecule has 0 N–H and O–H groups in total. The maximum Gasteiger partial charge on any atom is 0.192 e. The fraction of sp³-hybridized carbons (Fsp3) is 0.250. The topological polar surface area (TPSA) is 57.0 Å². The lowest BCUT2D eigenvalue weighted by Crippen LogP contribution is -2.07. The minimum Gasteiger partial charge on any atom is -0.496 e. The summed E-state index contributed by atoms with van der Waals surface area (Å²) in [7, 11) is 1.55. The molecule has 5 nitrogen and oxygen atoms in total. The molecule has 0 aliphatic heterocycles. The summed E-state index contributed by atoms with van der Waals surface area (Å²) in [6.07, 6.45) is 2.01. The zero-order valence-electron chi connectivity index (χ0n) is 14.8. The van der Waals surface area contributed by atoms with Gasteiger partial charge in [0, 0.05) is 6.04 Å². The quantitative estimate of drug-likeness (QED) is 0.447. The average molecular weight is 383 g/mol. The third kappa shape index (κ3) is 3.60. The summed E-state index contributed by atoms with van der Waals surface area (Å²) >= 11 is 1.32. The van der Waals surface area contributed by atoms with Crippen LogP contribution in [0.4, 0.5) is 4.39 Å². The smallest absolute Gasteiger partial charge is 0.192 e. The van der Waals surface area contributed by atoms with Crippen LogP contribution >= 0.6 is 11.8 Å². The lowest BCUT2D eigenvalue weighted by atomic mass is 10.1. The molecule has 4 rings (SSSR count). The van der Waals surface area contributed by atoms with Gasteiger partial charge in [0.2, 0.25) is 0 Å². The van der Waals surface area contributed by atoms with E-state index >= 15 is 0 Å². The molecule has 7 heteroatoms. The minimum absolute atomic E-state index is 0.0461. The highest BCUT2D eigenvalue weighted by atomic mass is 32.2. The molecule has 1 aromatic heterocycles. The first kappa shape index (κ1) is 17.7. The van der Waals surface area contributed by atoms with Crippen LogP contribution in [0.25, 0.3) is 11.4 Å². The lowest BCUT2D eigenvalue weighted by Gasteiger charge is -2.10. The fourth-order valence-electron chi connectivity index (χ4n) is 2.95. The Hall–Kier alpha value is -2.67. The van der Waals surface area contributed by atoms with E-state index in [0.717, 1.165) is 12.8 Å². The van der Waals surface area contributed by atoms with Crippen LogP contribution in [0.3, 0.4) is 0 Å². The largest absolute Gasteiger partial charge is 0.496 e. The second kappa shape index (κ2) is 7.52. The summed E-state index contributed by atoms with van der Waals surface area (Å²) in [5, 5.41) is 9.08. The molecule has 1 aliphatic carbocycles. The van der Waals surface area contributed by atoms with Crippen LogP contribution in [0.15, 0.2) is 53.7 Å². The van der Waals surface area contributed by atoms with Gasteiger partial charge in [0.05, 0.1) is 24.0 Å². The van der Waals surface area contributed by atoms with Crippen molar-refractivity contribution in [3.63, 3.8) is 0 Å². The number of Topliss-reactive ketones (excluding diaryl/α,β-unsaturated/α-hetero) is 1. The van der Waals surface area contributed by atoms with E-state index < -0.39 is 0 Å². The average Bonchev–Trinajstić information content (AvgIpc) is 3.46. The molecule has 0 unspecified atom stereocenters. The lowest BCUT2D eigenvalue weighted by molar-refractivity contribution is 0.101. The van der Waals surface area contributed by atoms with Gasteiger partial charge >= 0.3 is 0 Å². The Morgan fingerprint density at radius 2 is 1.93 bits per heavy atom. The number of carbonyl (C=O) groups excluding carboxylic acids is 1. The monoisotopic (exact) mass is 383 g/mol. The summed E-state index contributed by atoms with van der Waals surface area (Å²) in [5.41, 5.74) is 0.971. The minimum atomic E-state index is -0.326. The highest BCUT2D eigenvalue weighted by molar-refractivity contribution is 7.99. The highest BCUT2D eigenvalue weighted by Crippen LogP contribution is 2.41. The second-order valence-electron chi connectivity index (χ2n) is 6.30. The first-order chi connectivity index (χ1) is 13.2. The van der Waals surface area contributed by atoms with Crippen molar-refractivity contribution in [1.29, 1.82) is 0 Å². The van der Waals surface area contributed by atoms with Gasteiger partial charge in [-0.05, 0) is 37.1 Å². The van der Waals surface area contributed by atoms with E-state index in [1.807, 2.05) is 16.7 Å². The second-order valence-corrected chi connectivity index (χ2v) is 7.24. The van der Waals surface area contributed by atoms with Crippen LogP contribution < -0.4 is 4.74 Å². The number of carbonyl (C=O) groups is 1.